The molecule has 5 heteroatoms. The molecule has 0 spiro atoms. The summed E-state index contributed by atoms with van der Waals surface area (Å²) in [6.07, 6.45) is 0. The van der Waals surface area contributed by atoms with Gasteiger partial charge < -0.3 is 16.4 Å². The lowest BCUT2D eigenvalue weighted by atomic mass is 10.1. The third kappa shape index (κ3) is 4.32. The first-order chi connectivity index (χ1) is 10.9. The van der Waals surface area contributed by atoms with E-state index in [2.05, 4.69) is 10.6 Å². The van der Waals surface area contributed by atoms with Gasteiger partial charge in [-0.3, -0.25) is 9.59 Å². The fraction of sp³-hybridized carbons (Fsp3) is 0.222. The van der Waals surface area contributed by atoms with Crippen molar-refractivity contribution in [2.75, 3.05) is 17.2 Å². The number of amides is 2. The van der Waals surface area contributed by atoms with Gasteiger partial charge >= 0.3 is 0 Å². The monoisotopic (exact) mass is 311 g/mol. The van der Waals surface area contributed by atoms with Crippen LogP contribution in [0.5, 0.6) is 0 Å². The van der Waals surface area contributed by atoms with E-state index in [0.29, 0.717) is 11.3 Å². The Bertz CT molecular complexity index is 731. The van der Waals surface area contributed by atoms with Crippen molar-refractivity contribution in [2.45, 2.75) is 20.8 Å². The van der Waals surface area contributed by atoms with Crippen LogP contribution in [0.1, 0.15) is 27.0 Å². The summed E-state index contributed by atoms with van der Waals surface area (Å²) in [5.74, 6) is -0.645. The van der Waals surface area contributed by atoms with Crippen LogP contribution in [0.25, 0.3) is 0 Å². The molecule has 0 saturated carbocycles. The predicted molar refractivity (Wildman–Crippen MR) is 92.7 cm³/mol. The molecule has 120 valence electrons. The second-order valence-electron chi connectivity index (χ2n) is 5.62. The second-order valence-corrected chi connectivity index (χ2v) is 5.62. The van der Waals surface area contributed by atoms with Crippen molar-refractivity contribution in [3.63, 3.8) is 0 Å². The van der Waals surface area contributed by atoms with Crippen LogP contribution in [-0.4, -0.2) is 18.4 Å². The molecule has 2 amide bonds. The largest absolute Gasteiger partial charge is 0.376 e. The Balaban J connectivity index is 2.01. The van der Waals surface area contributed by atoms with Crippen molar-refractivity contribution < 1.29 is 9.59 Å². The SMILES string of the molecule is Cc1cc(C)c(NC(=O)CNc2cccc(C(N)=O)c2)c(C)c1. The summed E-state index contributed by atoms with van der Waals surface area (Å²) in [6, 6.07) is 10.8. The van der Waals surface area contributed by atoms with Gasteiger partial charge in [0.25, 0.3) is 0 Å². The van der Waals surface area contributed by atoms with Crippen LogP contribution in [0.3, 0.4) is 0 Å². The van der Waals surface area contributed by atoms with Crippen molar-refractivity contribution in [2.24, 2.45) is 5.73 Å². The van der Waals surface area contributed by atoms with E-state index in [0.717, 1.165) is 16.8 Å². The molecule has 0 fully saturated rings. The van der Waals surface area contributed by atoms with Gasteiger partial charge in [0.2, 0.25) is 11.8 Å². The van der Waals surface area contributed by atoms with E-state index in [1.54, 1.807) is 24.3 Å². The van der Waals surface area contributed by atoms with Gasteiger partial charge in [-0.15, -0.1) is 0 Å². The van der Waals surface area contributed by atoms with Gasteiger partial charge in [0.1, 0.15) is 0 Å². The summed E-state index contributed by atoms with van der Waals surface area (Å²) in [5, 5.41) is 5.91. The Morgan fingerprint density at radius 3 is 2.30 bits per heavy atom. The van der Waals surface area contributed by atoms with Crippen LogP contribution in [0.2, 0.25) is 0 Å². The number of hydrogen-bond donors (Lipinski definition) is 3. The van der Waals surface area contributed by atoms with E-state index < -0.39 is 5.91 Å². The molecule has 2 rings (SSSR count). The zero-order valence-corrected chi connectivity index (χ0v) is 13.6. The number of anilines is 2. The third-order valence-electron chi connectivity index (χ3n) is 3.54. The number of aryl methyl sites for hydroxylation is 3. The minimum Gasteiger partial charge on any atom is -0.376 e. The molecule has 0 heterocycles. The predicted octanol–water partition coefficient (Wildman–Crippen LogP) is 2.76. The van der Waals surface area contributed by atoms with Gasteiger partial charge in [-0.05, 0) is 50.1 Å². The lowest BCUT2D eigenvalue weighted by Crippen LogP contribution is -2.23. The lowest BCUT2D eigenvalue weighted by molar-refractivity contribution is -0.114. The highest BCUT2D eigenvalue weighted by molar-refractivity contribution is 5.96. The summed E-state index contributed by atoms with van der Waals surface area (Å²) in [6.45, 7) is 6.08. The van der Waals surface area contributed by atoms with Crippen LogP contribution in [0, 0.1) is 20.8 Å². The average molecular weight is 311 g/mol. The molecule has 0 radical (unpaired) electrons. The highest BCUT2D eigenvalue weighted by Crippen LogP contribution is 2.21. The summed E-state index contributed by atoms with van der Waals surface area (Å²) >= 11 is 0. The number of rotatable bonds is 5. The van der Waals surface area contributed by atoms with Gasteiger partial charge in [-0.1, -0.05) is 23.8 Å². The molecule has 0 atom stereocenters. The smallest absolute Gasteiger partial charge is 0.248 e. The minimum atomic E-state index is -0.496. The van der Waals surface area contributed by atoms with Gasteiger partial charge in [-0.25, -0.2) is 0 Å². The number of benzene rings is 2. The molecule has 2 aromatic carbocycles. The van der Waals surface area contributed by atoms with Crippen molar-refractivity contribution in [3.8, 4) is 0 Å². The molecule has 0 aliphatic heterocycles. The Morgan fingerprint density at radius 1 is 1.04 bits per heavy atom. The Morgan fingerprint density at radius 2 is 1.70 bits per heavy atom. The number of nitrogens with two attached hydrogens (primary N) is 1. The van der Waals surface area contributed by atoms with E-state index in [-0.39, 0.29) is 12.5 Å². The van der Waals surface area contributed by atoms with Gasteiger partial charge in [0.05, 0.1) is 6.54 Å². The summed E-state index contributed by atoms with van der Waals surface area (Å²) in [7, 11) is 0. The molecule has 0 bridgehead atoms. The first kappa shape index (κ1) is 16.5. The van der Waals surface area contributed by atoms with Crippen molar-refractivity contribution >= 4 is 23.2 Å². The van der Waals surface area contributed by atoms with Crippen molar-refractivity contribution in [1.29, 1.82) is 0 Å². The van der Waals surface area contributed by atoms with E-state index in [9.17, 15) is 9.59 Å². The quantitative estimate of drug-likeness (QED) is 0.794. The van der Waals surface area contributed by atoms with Gasteiger partial charge in [-0.2, -0.15) is 0 Å². The minimum absolute atomic E-state index is 0.106. The van der Waals surface area contributed by atoms with Crippen LogP contribution in [0.15, 0.2) is 36.4 Å². The fourth-order valence-electron chi connectivity index (χ4n) is 2.53. The first-order valence-electron chi connectivity index (χ1n) is 7.38. The Labute approximate surface area is 135 Å². The molecule has 0 aliphatic rings. The normalized spacial score (nSPS) is 10.2. The van der Waals surface area contributed by atoms with E-state index in [1.165, 1.54) is 5.56 Å². The molecule has 4 N–H and O–H groups in total. The topological polar surface area (TPSA) is 84.2 Å². The maximum Gasteiger partial charge on any atom is 0.248 e. The number of hydrogen-bond acceptors (Lipinski definition) is 3. The van der Waals surface area contributed by atoms with Crippen LogP contribution in [0.4, 0.5) is 11.4 Å². The van der Waals surface area contributed by atoms with Crippen LogP contribution >= 0.6 is 0 Å². The highest BCUT2D eigenvalue weighted by Gasteiger charge is 2.08. The molecule has 5 nitrogen and oxygen atoms in total. The van der Waals surface area contributed by atoms with Gasteiger partial charge in [0, 0.05) is 16.9 Å². The summed E-state index contributed by atoms with van der Waals surface area (Å²) < 4.78 is 0. The third-order valence-corrected chi connectivity index (χ3v) is 3.54. The molecule has 0 saturated heterocycles. The lowest BCUT2D eigenvalue weighted by Gasteiger charge is -2.13. The van der Waals surface area contributed by atoms with Crippen molar-refractivity contribution in [1.82, 2.24) is 0 Å². The molecule has 0 aromatic heterocycles. The highest BCUT2D eigenvalue weighted by atomic mass is 16.2. The van der Waals surface area contributed by atoms with E-state index in [4.69, 9.17) is 5.73 Å². The number of nitrogens with one attached hydrogen (secondary N) is 2. The van der Waals surface area contributed by atoms with Crippen LogP contribution in [-0.2, 0) is 4.79 Å². The molecule has 2 aromatic rings. The number of carbonyl (C=O) groups excluding carboxylic acids is 2. The van der Waals surface area contributed by atoms with Crippen LogP contribution < -0.4 is 16.4 Å². The Hall–Kier alpha value is -2.82. The second kappa shape index (κ2) is 6.96. The molecule has 23 heavy (non-hydrogen) atoms. The average Bonchev–Trinajstić information content (AvgIpc) is 2.49. The fourth-order valence-corrected chi connectivity index (χ4v) is 2.53. The van der Waals surface area contributed by atoms with Crippen molar-refractivity contribution in [3.05, 3.63) is 58.7 Å². The number of primary amides is 1. The van der Waals surface area contributed by atoms with Gasteiger partial charge in [0.15, 0.2) is 0 Å². The first-order valence-corrected chi connectivity index (χ1v) is 7.38. The molecular formula is C18H21N3O2. The summed E-state index contributed by atoms with van der Waals surface area (Å²) in [4.78, 5) is 23.3. The molecule has 0 unspecified atom stereocenters. The number of carbonyl (C=O) groups is 2. The molecule has 0 aliphatic carbocycles. The maximum atomic E-state index is 12.1. The summed E-state index contributed by atoms with van der Waals surface area (Å²) in [5.41, 5.74) is 10.4. The standard InChI is InChI=1S/C18H21N3O2/c1-11-7-12(2)17(13(3)8-11)21-16(22)10-20-15-6-4-5-14(9-15)18(19)23/h4-9,20H,10H2,1-3H3,(H2,19,23)(H,21,22). The van der Waals surface area contributed by atoms with E-state index >= 15 is 0 Å². The molecular weight excluding hydrogens is 290 g/mol. The van der Waals surface area contributed by atoms with E-state index in [1.807, 2.05) is 32.9 Å². The zero-order valence-electron chi connectivity index (χ0n) is 13.6. The Kier molecular flexibility index (Phi) is 5.01. The maximum absolute atomic E-state index is 12.1. The zero-order chi connectivity index (χ0) is 17.0.